The summed E-state index contributed by atoms with van der Waals surface area (Å²) in [7, 11) is 0. The van der Waals surface area contributed by atoms with E-state index in [9.17, 15) is 0 Å². The summed E-state index contributed by atoms with van der Waals surface area (Å²) < 4.78 is 0. The minimum absolute atomic E-state index is 0.138. The second-order valence-electron chi connectivity index (χ2n) is 6.08. The van der Waals surface area contributed by atoms with Gasteiger partial charge < -0.3 is 0 Å². The third-order valence-corrected chi connectivity index (χ3v) is 3.96. The maximum Gasteiger partial charge on any atom is 0.0975 e. The lowest BCUT2D eigenvalue weighted by atomic mass is 9.77. The fourth-order valence-corrected chi connectivity index (χ4v) is 2.73. The third-order valence-electron chi connectivity index (χ3n) is 3.96. The van der Waals surface area contributed by atoms with Crippen molar-refractivity contribution >= 4 is 0 Å². The zero-order valence-corrected chi connectivity index (χ0v) is 11.3. The summed E-state index contributed by atoms with van der Waals surface area (Å²) in [5.41, 5.74) is 0.421. The van der Waals surface area contributed by atoms with Crippen molar-refractivity contribution in [1.82, 2.24) is 4.90 Å². The zero-order chi connectivity index (χ0) is 12.2. The van der Waals surface area contributed by atoms with E-state index in [4.69, 9.17) is 5.26 Å². The molecule has 1 fully saturated rings. The average Bonchev–Trinajstić information content (AvgIpc) is 2.45. The molecule has 0 amide bonds. The van der Waals surface area contributed by atoms with Crippen LogP contribution >= 0.6 is 0 Å². The first-order chi connectivity index (χ1) is 7.49. The van der Waals surface area contributed by atoms with Crippen molar-refractivity contribution in [2.75, 3.05) is 13.1 Å². The Morgan fingerprint density at radius 3 is 2.50 bits per heavy atom. The van der Waals surface area contributed by atoms with Crippen molar-refractivity contribution in [3.05, 3.63) is 0 Å². The number of hydrogen-bond acceptors (Lipinski definition) is 2. The fourth-order valence-electron chi connectivity index (χ4n) is 2.73. The molecule has 2 unspecified atom stereocenters. The molecule has 1 saturated heterocycles. The number of nitrogens with zero attached hydrogens (tertiary/aromatic N) is 2. The van der Waals surface area contributed by atoms with Crippen molar-refractivity contribution in [3.8, 4) is 6.07 Å². The van der Waals surface area contributed by atoms with E-state index in [2.05, 4.69) is 38.7 Å². The van der Waals surface area contributed by atoms with Crippen LogP contribution < -0.4 is 0 Å². The molecule has 0 bridgehead atoms. The Balaban J connectivity index is 2.56. The van der Waals surface area contributed by atoms with E-state index in [0.29, 0.717) is 5.41 Å². The van der Waals surface area contributed by atoms with E-state index >= 15 is 0 Å². The first kappa shape index (κ1) is 13.5. The maximum absolute atomic E-state index is 9.10. The Morgan fingerprint density at radius 2 is 2.00 bits per heavy atom. The molecule has 2 nitrogen and oxygen atoms in total. The first-order valence-corrected chi connectivity index (χ1v) is 6.62. The summed E-state index contributed by atoms with van der Waals surface area (Å²) in [5, 5.41) is 9.10. The highest BCUT2D eigenvalue weighted by Crippen LogP contribution is 2.34. The van der Waals surface area contributed by atoms with Crippen LogP contribution in [0.2, 0.25) is 0 Å². The number of hydrogen-bond donors (Lipinski definition) is 0. The normalized spacial score (nSPS) is 25.8. The summed E-state index contributed by atoms with van der Waals surface area (Å²) in [4.78, 5) is 2.38. The monoisotopic (exact) mass is 222 g/mol. The molecule has 92 valence electrons. The van der Waals surface area contributed by atoms with Gasteiger partial charge >= 0.3 is 0 Å². The molecule has 1 heterocycles. The van der Waals surface area contributed by atoms with Crippen LogP contribution in [0.25, 0.3) is 0 Å². The van der Waals surface area contributed by atoms with Crippen LogP contribution in [-0.4, -0.2) is 24.0 Å². The van der Waals surface area contributed by atoms with Gasteiger partial charge in [0.25, 0.3) is 0 Å². The average molecular weight is 222 g/mol. The van der Waals surface area contributed by atoms with Crippen LogP contribution in [0.4, 0.5) is 0 Å². The molecule has 0 radical (unpaired) electrons. The molecule has 0 aromatic heterocycles. The largest absolute Gasteiger partial charge is 0.288 e. The van der Waals surface area contributed by atoms with E-state index in [1.807, 2.05) is 0 Å². The van der Waals surface area contributed by atoms with Crippen molar-refractivity contribution in [2.45, 2.75) is 59.4 Å². The number of rotatable bonds is 2. The second kappa shape index (κ2) is 5.68. The molecule has 0 saturated carbocycles. The van der Waals surface area contributed by atoms with Gasteiger partial charge in [-0.25, -0.2) is 0 Å². The van der Waals surface area contributed by atoms with Crippen molar-refractivity contribution in [2.24, 2.45) is 11.3 Å². The fraction of sp³-hybridized carbons (Fsp3) is 0.929. The topological polar surface area (TPSA) is 27.0 Å². The van der Waals surface area contributed by atoms with Gasteiger partial charge in [0.05, 0.1) is 12.1 Å². The van der Waals surface area contributed by atoms with Gasteiger partial charge in [-0.05, 0) is 50.1 Å². The maximum atomic E-state index is 9.10. The third kappa shape index (κ3) is 3.49. The predicted molar refractivity (Wildman–Crippen MR) is 68.1 cm³/mol. The van der Waals surface area contributed by atoms with Gasteiger partial charge in [-0.2, -0.15) is 5.26 Å². The smallest absolute Gasteiger partial charge is 0.0975 e. The highest BCUT2D eigenvalue weighted by molar-refractivity contribution is 4.92. The summed E-state index contributed by atoms with van der Waals surface area (Å²) >= 11 is 0. The van der Waals surface area contributed by atoms with E-state index in [0.717, 1.165) is 25.4 Å². The zero-order valence-electron chi connectivity index (χ0n) is 11.3. The Hall–Kier alpha value is -0.550. The summed E-state index contributed by atoms with van der Waals surface area (Å²) in [5.74, 6) is 0.814. The molecule has 1 aliphatic rings. The van der Waals surface area contributed by atoms with E-state index in [1.54, 1.807) is 0 Å². The molecule has 0 N–H and O–H groups in total. The van der Waals surface area contributed by atoms with E-state index in [-0.39, 0.29) is 6.04 Å². The standard InChI is InChI=1S/C14H26N2/c1-5-13(11-15)16-9-6-7-12(8-10-16)14(2,3)4/h12-13H,5-10H2,1-4H3. The Morgan fingerprint density at radius 1 is 1.31 bits per heavy atom. The van der Waals surface area contributed by atoms with E-state index < -0.39 is 0 Å². The van der Waals surface area contributed by atoms with Crippen LogP contribution in [0.1, 0.15) is 53.4 Å². The Labute approximate surface area is 101 Å². The second-order valence-corrected chi connectivity index (χ2v) is 6.08. The highest BCUT2D eigenvalue weighted by Gasteiger charge is 2.28. The minimum atomic E-state index is 0.138. The van der Waals surface area contributed by atoms with Crippen LogP contribution in [-0.2, 0) is 0 Å². The molecule has 1 aliphatic heterocycles. The van der Waals surface area contributed by atoms with Crippen molar-refractivity contribution in [3.63, 3.8) is 0 Å². The van der Waals surface area contributed by atoms with Crippen LogP contribution in [0.5, 0.6) is 0 Å². The minimum Gasteiger partial charge on any atom is -0.288 e. The van der Waals surface area contributed by atoms with Crippen LogP contribution in [0, 0.1) is 22.7 Å². The summed E-state index contributed by atoms with van der Waals surface area (Å²) in [6.07, 6.45) is 4.78. The molecule has 0 aliphatic carbocycles. The number of likely N-dealkylation sites (tertiary alicyclic amines) is 1. The SMILES string of the molecule is CCC(C#N)N1CCCC(C(C)(C)C)CC1. The lowest BCUT2D eigenvalue weighted by molar-refractivity contribution is 0.198. The van der Waals surface area contributed by atoms with Gasteiger partial charge in [-0.3, -0.25) is 4.90 Å². The number of nitriles is 1. The first-order valence-electron chi connectivity index (χ1n) is 6.62. The Bertz CT molecular complexity index is 246. The van der Waals surface area contributed by atoms with Crippen molar-refractivity contribution < 1.29 is 0 Å². The lowest BCUT2D eigenvalue weighted by Gasteiger charge is -2.30. The molecule has 16 heavy (non-hydrogen) atoms. The molecule has 0 aromatic rings. The molecular formula is C14H26N2. The molecule has 0 aromatic carbocycles. The van der Waals surface area contributed by atoms with Crippen LogP contribution in [0.15, 0.2) is 0 Å². The summed E-state index contributed by atoms with van der Waals surface area (Å²) in [6.45, 7) is 11.4. The molecule has 1 rings (SSSR count). The van der Waals surface area contributed by atoms with Gasteiger partial charge in [0.2, 0.25) is 0 Å². The van der Waals surface area contributed by atoms with Crippen molar-refractivity contribution in [1.29, 1.82) is 5.26 Å². The molecule has 0 spiro atoms. The summed E-state index contributed by atoms with van der Waals surface area (Å²) in [6, 6.07) is 2.57. The quantitative estimate of drug-likeness (QED) is 0.715. The van der Waals surface area contributed by atoms with Gasteiger partial charge in [0.1, 0.15) is 0 Å². The lowest BCUT2D eigenvalue weighted by Crippen LogP contribution is -2.35. The van der Waals surface area contributed by atoms with E-state index in [1.165, 1.54) is 19.3 Å². The molecule has 2 atom stereocenters. The molecular weight excluding hydrogens is 196 g/mol. The van der Waals surface area contributed by atoms with Gasteiger partial charge in [-0.15, -0.1) is 0 Å². The molecule has 2 heteroatoms. The van der Waals surface area contributed by atoms with Gasteiger partial charge in [-0.1, -0.05) is 27.7 Å². The predicted octanol–water partition coefficient (Wildman–Crippen LogP) is 3.44. The Kier molecular flexibility index (Phi) is 4.80. The van der Waals surface area contributed by atoms with Gasteiger partial charge in [0, 0.05) is 0 Å². The van der Waals surface area contributed by atoms with Gasteiger partial charge in [0.15, 0.2) is 0 Å². The highest BCUT2D eigenvalue weighted by atomic mass is 15.1. The van der Waals surface area contributed by atoms with Crippen LogP contribution in [0.3, 0.4) is 0 Å².